The standard InChI is InChI=1S/C15H18BrNO3/c1-10(2)17(9-13(18)19)14(20)15(7-8-15)11-3-5-12(16)6-4-11/h3-6,10H,7-9H2,1-2H3,(H,18,19). The molecule has 0 radical (unpaired) electrons. The normalized spacial score (nSPS) is 16.0. The summed E-state index contributed by atoms with van der Waals surface area (Å²) >= 11 is 3.38. The van der Waals surface area contributed by atoms with Crippen molar-refractivity contribution >= 4 is 27.8 Å². The van der Waals surface area contributed by atoms with E-state index in [2.05, 4.69) is 15.9 Å². The summed E-state index contributed by atoms with van der Waals surface area (Å²) in [5, 5.41) is 8.97. The Morgan fingerprint density at radius 1 is 1.30 bits per heavy atom. The van der Waals surface area contributed by atoms with Gasteiger partial charge >= 0.3 is 5.97 Å². The van der Waals surface area contributed by atoms with Crippen molar-refractivity contribution in [2.75, 3.05) is 6.54 Å². The van der Waals surface area contributed by atoms with Gasteiger partial charge in [-0.15, -0.1) is 0 Å². The lowest BCUT2D eigenvalue weighted by atomic mass is 9.94. The maximum atomic E-state index is 12.7. The number of nitrogens with zero attached hydrogens (tertiary/aromatic N) is 1. The molecule has 1 saturated carbocycles. The van der Waals surface area contributed by atoms with E-state index in [1.54, 1.807) is 0 Å². The molecule has 2 rings (SSSR count). The van der Waals surface area contributed by atoms with Crippen LogP contribution in [-0.4, -0.2) is 34.5 Å². The first-order valence-corrected chi connectivity index (χ1v) is 7.45. The van der Waals surface area contributed by atoms with Crippen molar-refractivity contribution in [2.45, 2.75) is 38.1 Å². The molecule has 1 aliphatic carbocycles. The Balaban J connectivity index is 2.26. The molecule has 1 aromatic carbocycles. The smallest absolute Gasteiger partial charge is 0.323 e. The minimum atomic E-state index is -0.973. The third kappa shape index (κ3) is 2.87. The zero-order valence-corrected chi connectivity index (χ0v) is 13.2. The maximum Gasteiger partial charge on any atom is 0.323 e. The van der Waals surface area contributed by atoms with Crippen LogP contribution in [0.15, 0.2) is 28.7 Å². The second kappa shape index (κ2) is 5.56. The zero-order chi connectivity index (χ0) is 14.9. The Kier molecular flexibility index (Phi) is 4.18. The molecule has 108 valence electrons. The van der Waals surface area contributed by atoms with Gasteiger partial charge in [-0.25, -0.2) is 0 Å². The molecule has 0 unspecified atom stereocenters. The van der Waals surface area contributed by atoms with Crippen LogP contribution < -0.4 is 0 Å². The number of carbonyl (C=O) groups is 2. The van der Waals surface area contributed by atoms with Crippen molar-refractivity contribution in [3.05, 3.63) is 34.3 Å². The first kappa shape index (κ1) is 15.0. The molecular weight excluding hydrogens is 322 g/mol. The molecular formula is C15H18BrNO3. The zero-order valence-electron chi connectivity index (χ0n) is 11.6. The van der Waals surface area contributed by atoms with Crippen LogP contribution in [0.1, 0.15) is 32.3 Å². The number of carbonyl (C=O) groups excluding carboxylic acids is 1. The number of aliphatic carboxylic acids is 1. The molecule has 4 nitrogen and oxygen atoms in total. The summed E-state index contributed by atoms with van der Waals surface area (Å²) in [6.45, 7) is 3.45. The van der Waals surface area contributed by atoms with E-state index in [0.29, 0.717) is 0 Å². The molecule has 1 fully saturated rings. The fraction of sp³-hybridized carbons (Fsp3) is 0.467. The summed E-state index contributed by atoms with van der Waals surface area (Å²) in [7, 11) is 0. The van der Waals surface area contributed by atoms with E-state index in [1.165, 1.54) is 4.90 Å². The number of amides is 1. The Morgan fingerprint density at radius 2 is 1.85 bits per heavy atom. The highest BCUT2D eigenvalue weighted by Gasteiger charge is 2.53. The molecule has 0 aliphatic heterocycles. The van der Waals surface area contributed by atoms with Crippen LogP contribution in [0.4, 0.5) is 0 Å². The van der Waals surface area contributed by atoms with Crippen LogP contribution in [0.5, 0.6) is 0 Å². The van der Waals surface area contributed by atoms with Crippen molar-refractivity contribution in [1.82, 2.24) is 4.90 Å². The van der Waals surface area contributed by atoms with E-state index in [4.69, 9.17) is 5.11 Å². The first-order valence-electron chi connectivity index (χ1n) is 6.66. The fourth-order valence-corrected chi connectivity index (χ4v) is 2.69. The Labute approximate surface area is 126 Å². The van der Waals surface area contributed by atoms with E-state index in [9.17, 15) is 9.59 Å². The quantitative estimate of drug-likeness (QED) is 0.897. The summed E-state index contributed by atoms with van der Waals surface area (Å²) in [5.74, 6) is -1.05. The second-order valence-electron chi connectivity index (χ2n) is 5.51. The summed E-state index contributed by atoms with van der Waals surface area (Å²) in [5.41, 5.74) is 0.460. The largest absolute Gasteiger partial charge is 0.480 e. The molecule has 5 heteroatoms. The Morgan fingerprint density at radius 3 is 2.25 bits per heavy atom. The SMILES string of the molecule is CC(C)N(CC(=O)O)C(=O)C1(c2ccc(Br)cc2)CC1. The van der Waals surface area contributed by atoms with Gasteiger partial charge in [0.05, 0.1) is 5.41 Å². The molecule has 1 amide bonds. The van der Waals surface area contributed by atoms with Gasteiger partial charge in [0.2, 0.25) is 5.91 Å². The van der Waals surface area contributed by atoms with Gasteiger partial charge in [-0.3, -0.25) is 9.59 Å². The molecule has 0 bridgehead atoms. The van der Waals surface area contributed by atoms with Gasteiger partial charge in [0.15, 0.2) is 0 Å². The molecule has 1 aliphatic rings. The van der Waals surface area contributed by atoms with Gasteiger partial charge in [0.1, 0.15) is 6.54 Å². The maximum absolute atomic E-state index is 12.7. The average molecular weight is 340 g/mol. The van der Waals surface area contributed by atoms with Gasteiger partial charge in [-0.1, -0.05) is 28.1 Å². The summed E-state index contributed by atoms with van der Waals surface area (Å²) in [6.07, 6.45) is 1.58. The van der Waals surface area contributed by atoms with Gasteiger partial charge in [-0.2, -0.15) is 0 Å². The number of hydrogen-bond donors (Lipinski definition) is 1. The minimum absolute atomic E-state index is 0.0720. The molecule has 0 aromatic heterocycles. The van der Waals surface area contributed by atoms with Gasteiger partial charge in [-0.05, 0) is 44.4 Å². The number of carboxylic acid groups (broad SMARTS) is 1. The predicted molar refractivity (Wildman–Crippen MR) is 79.5 cm³/mol. The molecule has 0 saturated heterocycles. The van der Waals surface area contributed by atoms with Crippen molar-refractivity contribution < 1.29 is 14.7 Å². The number of halogens is 1. The van der Waals surface area contributed by atoms with Crippen molar-refractivity contribution in [3.8, 4) is 0 Å². The highest BCUT2D eigenvalue weighted by atomic mass is 79.9. The molecule has 1 aromatic rings. The van der Waals surface area contributed by atoms with E-state index in [0.717, 1.165) is 22.9 Å². The monoisotopic (exact) mass is 339 g/mol. The minimum Gasteiger partial charge on any atom is -0.480 e. The van der Waals surface area contributed by atoms with Crippen LogP contribution in [0.3, 0.4) is 0 Å². The van der Waals surface area contributed by atoms with Crippen LogP contribution >= 0.6 is 15.9 Å². The van der Waals surface area contributed by atoms with E-state index in [1.807, 2.05) is 38.1 Å². The molecule has 20 heavy (non-hydrogen) atoms. The molecule has 1 N–H and O–H groups in total. The lowest BCUT2D eigenvalue weighted by Gasteiger charge is -2.29. The van der Waals surface area contributed by atoms with Crippen LogP contribution in [0.2, 0.25) is 0 Å². The van der Waals surface area contributed by atoms with Crippen molar-refractivity contribution in [1.29, 1.82) is 0 Å². The third-order valence-electron chi connectivity index (χ3n) is 3.75. The van der Waals surface area contributed by atoms with Crippen molar-refractivity contribution in [2.24, 2.45) is 0 Å². The number of rotatable bonds is 5. The van der Waals surface area contributed by atoms with E-state index < -0.39 is 11.4 Å². The van der Waals surface area contributed by atoms with Crippen molar-refractivity contribution in [3.63, 3.8) is 0 Å². The summed E-state index contributed by atoms with van der Waals surface area (Å²) in [6, 6.07) is 7.59. The second-order valence-corrected chi connectivity index (χ2v) is 6.43. The van der Waals surface area contributed by atoms with E-state index in [-0.39, 0.29) is 18.5 Å². The van der Waals surface area contributed by atoms with Gasteiger partial charge < -0.3 is 10.0 Å². The van der Waals surface area contributed by atoms with Crippen LogP contribution in [0.25, 0.3) is 0 Å². The molecule has 0 heterocycles. The highest BCUT2D eigenvalue weighted by Crippen LogP contribution is 2.50. The topological polar surface area (TPSA) is 57.6 Å². The lowest BCUT2D eigenvalue weighted by molar-refractivity contribution is -0.147. The summed E-state index contributed by atoms with van der Waals surface area (Å²) in [4.78, 5) is 25.1. The van der Waals surface area contributed by atoms with Gasteiger partial charge in [0, 0.05) is 10.5 Å². The number of carboxylic acids is 1. The Bertz CT molecular complexity index is 520. The predicted octanol–water partition coefficient (Wildman–Crippen LogP) is 2.80. The number of hydrogen-bond acceptors (Lipinski definition) is 2. The van der Waals surface area contributed by atoms with E-state index >= 15 is 0 Å². The van der Waals surface area contributed by atoms with Crippen LogP contribution in [-0.2, 0) is 15.0 Å². The third-order valence-corrected chi connectivity index (χ3v) is 4.27. The fourth-order valence-electron chi connectivity index (χ4n) is 2.43. The summed E-state index contributed by atoms with van der Waals surface area (Å²) < 4.78 is 0.968. The average Bonchev–Trinajstić information content (AvgIpc) is 3.17. The molecule has 0 spiro atoms. The first-order chi connectivity index (χ1) is 9.36. The highest BCUT2D eigenvalue weighted by molar-refractivity contribution is 9.10. The van der Waals surface area contributed by atoms with Crippen LogP contribution in [0, 0.1) is 0 Å². The lowest BCUT2D eigenvalue weighted by Crippen LogP contribution is -2.46. The Hall–Kier alpha value is -1.36. The molecule has 0 atom stereocenters. The number of benzene rings is 1. The van der Waals surface area contributed by atoms with Gasteiger partial charge in [0.25, 0.3) is 0 Å².